The van der Waals surface area contributed by atoms with Crippen LogP contribution in [0.4, 0.5) is 0 Å². The zero-order valence-electron chi connectivity index (χ0n) is 8.43. The molecule has 6 nitrogen and oxygen atoms in total. The Morgan fingerprint density at radius 1 is 1.00 bits per heavy atom. The van der Waals surface area contributed by atoms with Crippen molar-refractivity contribution >= 4 is 11.8 Å². The van der Waals surface area contributed by atoms with Crippen molar-refractivity contribution in [2.24, 2.45) is 0 Å². The van der Waals surface area contributed by atoms with E-state index in [0.29, 0.717) is 0 Å². The van der Waals surface area contributed by atoms with Gasteiger partial charge in [-0.25, -0.2) is 0 Å². The molecule has 0 rings (SSSR count). The van der Waals surface area contributed by atoms with E-state index < -0.39 is 24.0 Å². The summed E-state index contributed by atoms with van der Waals surface area (Å²) in [6.45, 7) is -0.205. The number of nitrogens with one attached hydrogen (secondary N) is 2. The summed E-state index contributed by atoms with van der Waals surface area (Å²) in [5.41, 5.74) is 0. The van der Waals surface area contributed by atoms with Crippen molar-refractivity contribution < 1.29 is 19.8 Å². The third kappa shape index (κ3) is 4.47. The minimum atomic E-state index is -1.88. The molecule has 0 aliphatic carbocycles. The van der Waals surface area contributed by atoms with E-state index in [1.54, 1.807) is 0 Å². The lowest BCUT2D eigenvalue weighted by Gasteiger charge is -2.15. The molecule has 0 aromatic heterocycles. The smallest absolute Gasteiger partial charge is 0.252 e. The van der Waals surface area contributed by atoms with E-state index in [-0.39, 0.29) is 13.1 Å². The molecule has 0 bridgehead atoms. The van der Waals surface area contributed by atoms with Gasteiger partial charge < -0.3 is 20.8 Å². The van der Waals surface area contributed by atoms with Crippen molar-refractivity contribution in [2.75, 3.05) is 13.1 Å². The first-order valence-corrected chi connectivity index (χ1v) is 4.33. The second kappa shape index (κ2) is 7.30. The second-order valence-electron chi connectivity index (χ2n) is 2.73. The van der Waals surface area contributed by atoms with Gasteiger partial charge in [0.05, 0.1) is 13.1 Å². The van der Waals surface area contributed by atoms with Crippen molar-refractivity contribution in [1.82, 2.24) is 10.6 Å². The average molecular weight is 224 g/mol. The molecule has 0 radical (unpaired) electrons. The highest BCUT2D eigenvalue weighted by Crippen LogP contribution is 1.94. The molecule has 2 atom stereocenters. The summed E-state index contributed by atoms with van der Waals surface area (Å²) in [5, 5.41) is 22.7. The highest BCUT2D eigenvalue weighted by molar-refractivity contribution is 5.90. The Kier molecular flexibility index (Phi) is 6.37. The second-order valence-corrected chi connectivity index (χ2v) is 2.73. The number of aliphatic hydroxyl groups is 2. The minimum Gasteiger partial charge on any atom is -0.380 e. The largest absolute Gasteiger partial charge is 0.380 e. The Hall–Kier alpha value is -2.02. The van der Waals surface area contributed by atoms with E-state index in [1.807, 2.05) is 0 Å². The predicted molar refractivity (Wildman–Crippen MR) is 55.7 cm³/mol. The zero-order chi connectivity index (χ0) is 12.6. The van der Waals surface area contributed by atoms with Crippen LogP contribution in [0.3, 0.4) is 0 Å². The van der Waals surface area contributed by atoms with Crippen LogP contribution >= 0.6 is 0 Å². The number of amides is 2. The van der Waals surface area contributed by atoms with Crippen LogP contribution in [0.25, 0.3) is 0 Å². The highest BCUT2D eigenvalue weighted by Gasteiger charge is 2.29. The first kappa shape index (κ1) is 14.0. The summed E-state index contributed by atoms with van der Waals surface area (Å²) in [4.78, 5) is 22.2. The van der Waals surface area contributed by atoms with Crippen LogP contribution in [0, 0.1) is 24.7 Å². The molecule has 0 saturated heterocycles. The number of carbonyl (C=O) groups excluding carboxylic acids is 2. The quantitative estimate of drug-likeness (QED) is 0.379. The lowest BCUT2D eigenvalue weighted by molar-refractivity contribution is -0.145. The van der Waals surface area contributed by atoms with Gasteiger partial charge in [0.1, 0.15) is 0 Å². The van der Waals surface area contributed by atoms with E-state index >= 15 is 0 Å². The van der Waals surface area contributed by atoms with Gasteiger partial charge in [0, 0.05) is 0 Å². The average Bonchev–Trinajstić information content (AvgIpc) is 2.30. The molecule has 6 heteroatoms. The molecule has 0 aliphatic heterocycles. The SMILES string of the molecule is C#CCNC(=O)[C@@H](O)[C@H](O)C(=O)NCC#C. The molecular weight excluding hydrogens is 212 g/mol. The summed E-state index contributed by atoms with van der Waals surface area (Å²) in [6, 6.07) is 0. The van der Waals surface area contributed by atoms with Gasteiger partial charge in [-0.15, -0.1) is 12.8 Å². The summed E-state index contributed by atoms with van der Waals surface area (Å²) in [5.74, 6) is 2.35. The number of rotatable bonds is 5. The molecule has 0 saturated carbocycles. The normalized spacial score (nSPS) is 12.8. The van der Waals surface area contributed by atoms with Crippen LogP contribution in [0.1, 0.15) is 0 Å². The Morgan fingerprint density at radius 3 is 1.56 bits per heavy atom. The number of carbonyl (C=O) groups is 2. The number of aliphatic hydroxyl groups excluding tert-OH is 2. The Labute approximate surface area is 93.0 Å². The number of terminal acetylenes is 2. The van der Waals surface area contributed by atoms with Crippen molar-refractivity contribution in [3.05, 3.63) is 0 Å². The number of hydrogen-bond acceptors (Lipinski definition) is 4. The molecule has 0 fully saturated rings. The molecule has 0 spiro atoms. The fourth-order valence-corrected chi connectivity index (χ4v) is 0.772. The third-order valence-electron chi connectivity index (χ3n) is 1.57. The summed E-state index contributed by atoms with van der Waals surface area (Å²) < 4.78 is 0. The maximum Gasteiger partial charge on any atom is 0.252 e. The first-order valence-electron chi connectivity index (χ1n) is 4.33. The standard InChI is InChI=1S/C10H12N2O4/c1-3-5-11-9(15)7(13)8(14)10(16)12-6-4-2/h1-2,7-8,13-14H,5-6H2,(H,11,15)(H,12,16)/t7-,8-/m0/s1. The first-order chi connectivity index (χ1) is 7.54. The molecule has 86 valence electrons. The summed E-state index contributed by atoms with van der Waals surface area (Å²) in [6.07, 6.45) is 5.97. The van der Waals surface area contributed by atoms with Crippen molar-refractivity contribution in [2.45, 2.75) is 12.2 Å². The molecule has 0 heterocycles. The van der Waals surface area contributed by atoms with Gasteiger partial charge in [0.15, 0.2) is 12.2 Å². The van der Waals surface area contributed by atoms with Crippen molar-refractivity contribution in [3.63, 3.8) is 0 Å². The maximum absolute atomic E-state index is 11.1. The maximum atomic E-state index is 11.1. The van der Waals surface area contributed by atoms with Crippen LogP contribution in [0.15, 0.2) is 0 Å². The topological polar surface area (TPSA) is 98.7 Å². The number of hydrogen-bond donors (Lipinski definition) is 4. The molecule has 2 amide bonds. The van der Waals surface area contributed by atoms with Crippen LogP contribution < -0.4 is 10.6 Å². The van der Waals surface area contributed by atoms with E-state index in [2.05, 4.69) is 22.5 Å². The summed E-state index contributed by atoms with van der Waals surface area (Å²) >= 11 is 0. The molecular formula is C10H12N2O4. The van der Waals surface area contributed by atoms with Crippen LogP contribution in [-0.4, -0.2) is 47.3 Å². The fourth-order valence-electron chi connectivity index (χ4n) is 0.772. The van der Waals surface area contributed by atoms with Gasteiger partial charge in [0.2, 0.25) is 0 Å². The molecule has 0 aromatic carbocycles. The Balaban J connectivity index is 4.22. The molecule has 0 aliphatic rings. The van der Waals surface area contributed by atoms with E-state index in [4.69, 9.17) is 12.8 Å². The van der Waals surface area contributed by atoms with Crippen LogP contribution in [-0.2, 0) is 9.59 Å². The molecule has 16 heavy (non-hydrogen) atoms. The summed E-state index contributed by atoms with van der Waals surface area (Å²) in [7, 11) is 0. The fraction of sp³-hybridized carbons (Fsp3) is 0.400. The minimum absolute atomic E-state index is 0.103. The predicted octanol–water partition coefficient (Wildman–Crippen LogP) is -2.79. The third-order valence-corrected chi connectivity index (χ3v) is 1.57. The Morgan fingerprint density at radius 2 is 1.31 bits per heavy atom. The Bertz CT molecular complexity index is 306. The van der Waals surface area contributed by atoms with Crippen LogP contribution in [0.5, 0.6) is 0 Å². The van der Waals surface area contributed by atoms with E-state index in [1.165, 1.54) is 0 Å². The van der Waals surface area contributed by atoms with E-state index in [9.17, 15) is 19.8 Å². The lowest BCUT2D eigenvalue weighted by Crippen LogP contribution is -2.49. The van der Waals surface area contributed by atoms with Gasteiger partial charge in [-0.2, -0.15) is 0 Å². The van der Waals surface area contributed by atoms with Gasteiger partial charge in [-0.3, -0.25) is 9.59 Å². The van der Waals surface area contributed by atoms with Gasteiger partial charge in [-0.05, 0) is 0 Å². The van der Waals surface area contributed by atoms with E-state index in [0.717, 1.165) is 0 Å². The van der Waals surface area contributed by atoms with Crippen molar-refractivity contribution in [1.29, 1.82) is 0 Å². The molecule has 0 unspecified atom stereocenters. The zero-order valence-corrected chi connectivity index (χ0v) is 8.43. The van der Waals surface area contributed by atoms with Gasteiger partial charge in [-0.1, -0.05) is 11.8 Å². The highest BCUT2D eigenvalue weighted by atomic mass is 16.3. The van der Waals surface area contributed by atoms with Crippen LogP contribution in [0.2, 0.25) is 0 Å². The van der Waals surface area contributed by atoms with Gasteiger partial charge >= 0.3 is 0 Å². The molecule has 4 N–H and O–H groups in total. The van der Waals surface area contributed by atoms with Gasteiger partial charge in [0.25, 0.3) is 11.8 Å². The molecule has 0 aromatic rings. The lowest BCUT2D eigenvalue weighted by atomic mass is 10.2. The monoisotopic (exact) mass is 224 g/mol. The van der Waals surface area contributed by atoms with Crippen molar-refractivity contribution in [3.8, 4) is 24.7 Å².